The van der Waals surface area contributed by atoms with Crippen molar-refractivity contribution in [3.05, 3.63) is 59.7 Å². The molecule has 2 aliphatic carbocycles. The fourth-order valence-corrected chi connectivity index (χ4v) is 4.49. The molecule has 2 aromatic rings. The maximum absolute atomic E-state index is 13.0. The van der Waals surface area contributed by atoms with Crippen molar-refractivity contribution in [2.24, 2.45) is 0 Å². The molecule has 3 aliphatic rings. The summed E-state index contributed by atoms with van der Waals surface area (Å²) in [7, 11) is 0. The van der Waals surface area contributed by atoms with Crippen molar-refractivity contribution in [2.75, 3.05) is 19.8 Å². The van der Waals surface area contributed by atoms with Crippen LogP contribution in [0.15, 0.2) is 48.5 Å². The van der Waals surface area contributed by atoms with Gasteiger partial charge in [0.25, 0.3) is 0 Å². The summed E-state index contributed by atoms with van der Waals surface area (Å²) >= 11 is 0. The number of fused-ring (bicyclic) bond motifs is 3. The highest BCUT2D eigenvalue weighted by Crippen LogP contribution is 2.45. The van der Waals surface area contributed by atoms with Gasteiger partial charge in [-0.25, -0.2) is 14.4 Å². The maximum Gasteiger partial charge on any atom is 0.435 e. The zero-order chi connectivity index (χ0) is 21.4. The highest BCUT2D eigenvalue weighted by Gasteiger charge is 2.51. The molecular weight excluding hydrogens is 398 g/mol. The molecule has 0 N–H and O–H groups in total. The second-order valence-electron chi connectivity index (χ2n) is 8.06. The molecule has 5 rings (SSSR count). The lowest BCUT2D eigenvalue weighted by Gasteiger charge is -2.48. The Labute approximate surface area is 180 Å². The minimum Gasteiger partial charge on any atom is -0.464 e. The summed E-state index contributed by atoms with van der Waals surface area (Å²) in [5, 5.41) is 1.02. The third kappa shape index (κ3) is 3.47. The van der Waals surface area contributed by atoms with Crippen molar-refractivity contribution in [3.8, 4) is 11.1 Å². The van der Waals surface area contributed by atoms with Crippen molar-refractivity contribution in [1.29, 1.82) is 0 Å². The van der Waals surface area contributed by atoms with Crippen LogP contribution in [0.5, 0.6) is 0 Å². The van der Waals surface area contributed by atoms with Crippen LogP contribution in [0.2, 0.25) is 0 Å². The van der Waals surface area contributed by atoms with E-state index in [0.29, 0.717) is 12.8 Å². The van der Waals surface area contributed by atoms with Crippen LogP contribution in [0.3, 0.4) is 0 Å². The fraction of sp³-hybridized carbons (Fsp3) is 0.417. The highest BCUT2D eigenvalue weighted by atomic mass is 16.8. The third-order valence-electron chi connectivity index (χ3n) is 6.24. The number of benzene rings is 2. The monoisotopic (exact) mass is 423 g/mol. The Balaban J connectivity index is 1.34. The Morgan fingerprint density at radius 3 is 2.26 bits per heavy atom. The van der Waals surface area contributed by atoms with Crippen LogP contribution in [-0.2, 0) is 23.8 Å². The summed E-state index contributed by atoms with van der Waals surface area (Å²) in [5.74, 6) is -1.48. The largest absolute Gasteiger partial charge is 0.464 e. The second-order valence-corrected chi connectivity index (χ2v) is 8.06. The van der Waals surface area contributed by atoms with Gasteiger partial charge in [-0.05, 0) is 35.6 Å². The lowest BCUT2D eigenvalue weighted by atomic mass is 9.91. The van der Waals surface area contributed by atoms with Gasteiger partial charge >= 0.3 is 12.1 Å². The second kappa shape index (κ2) is 7.98. The summed E-state index contributed by atoms with van der Waals surface area (Å²) in [6.07, 6.45) is 1.60. The van der Waals surface area contributed by atoms with E-state index in [9.17, 15) is 9.59 Å². The molecule has 1 amide bonds. The van der Waals surface area contributed by atoms with Gasteiger partial charge in [0.1, 0.15) is 6.61 Å². The number of rotatable bonds is 4. The minimum absolute atomic E-state index is 0.0308. The van der Waals surface area contributed by atoms with Crippen molar-refractivity contribution >= 4 is 12.1 Å². The van der Waals surface area contributed by atoms with Crippen molar-refractivity contribution in [2.45, 2.75) is 43.9 Å². The van der Waals surface area contributed by atoms with Crippen LogP contribution in [0.25, 0.3) is 11.1 Å². The number of hydrogen-bond acceptors (Lipinski definition) is 6. The van der Waals surface area contributed by atoms with Gasteiger partial charge in [0, 0.05) is 18.8 Å². The molecule has 1 heterocycles. The molecule has 0 aromatic heterocycles. The average Bonchev–Trinajstić information content (AvgIpc) is 3.10. The molecule has 162 valence electrons. The predicted octanol–water partition coefficient (Wildman–Crippen LogP) is 4.01. The highest BCUT2D eigenvalue weighted by molar-refractivity contribution is 5.82. The van der Waals surface area contributed by atoms with E-state index in [0.717, 1.165) is 33.7 Å². The van der Waals surface area contributed by atoms with Crippen molar-refractivity contribution in [1.82, 2.24) is 5.06 Å². The lowest BCUT2D eigenvalue weighted by Crippen LogP contribution is -2.61. The van der Waals surface area contributed by atoms with Gasteiger partial charge in [0.15, 0.2) is 11.8 Å². The van der Waals surface area contributed by atoms with Gasteiger partial charge in [-0.15, -0.1) is 0 Å². The Morgan fingerprint density at radius 2 is 1.68 bits per heavy atom. The number of nitrogens with zero attached hydrogens (tertiary/aromatic N) is 1. The molecule has 0 bridgehead atoms. The number of amides is 1. The number of esters is 1. The van der Waals surface area contributed by atoms with E-state index in [1.54, 1.807) is 6.92 Å². The minimum atomic E-state index is -0.984. The summed E-state index contributed by atoms with van der Waals surface area (Å²) in [5.41, 5.74) is 4.55. The first-order valence-corrected chi connectivity index (χ1v) is 10.8. The van der Waals surface area contributed by atoms with E-state index < -0.39 is 23.9 Å². The van der Waals surface area contributed by atoms with E-state index in [4.69, 9.17) is 19.0 Å². The van der Waals surface area contributed by atoms with Crippen LogP contribution < -0.4 is 0 Å². The first-order chi connectivity index (χ1) is 15.1. The number of carbonyl (C=O) groups excluding carboxylic acids is 2. The van der Waals surface area contributed by atoms with E-state index in [1.165, 1.54) is 0 Å². The fourth-order valence-electron chi connectivity index (χ4n) is 4.49. The first kappa shape index (κ1) is 20.0. The molecule has 7 nitrogen and oxygen atoms in total. The quantitative estimate of drug-likeness (QED) is 0.692. The molecule has 1 spiro atoms. The molecule has 0 radical (unpaired) electrons. The number of ether oxygens (including phenoxy) is 3. The van der Waals surface area contributed by atoms with Gasteiger partial charge < -0.3 is 14.2 Å². The van der Waals surface area contributed by atoms with E-state index in [-0.39, 0.29) is 25.7 Å². The molecule has 1 saturated heterocycles. The molecule has 31 heavy (non-hydrogen) atoms. The van der Waals surface area contributed by atoms with E-state index >= 15 is 0 Å². The van der Waals surface area contributed by atoms with E-state index in [2.05, 4.69) is 24.3 Å². The SMILES string of the molecule is CCOC(=O)[C@@H]1COC2(CCC2)ON1C(=O)OCC1c2ccccc2-c2ccccc21. The predicted molar refractivity (Wildman–Crippen MR) is 111 cm³/mol. The van der Waals surface area contributed by atoms with Crippen molar-refractivity contribution in [3.63, 3.8) is 0 Å². The lowest BCUT2D eigenvalue weighted by molar-refractivity contribution is -0.403. The number of hydroxylamine groups is 2. The Bertz CT molecular complexity index is 956. The van der Waals surface area contributed by atoms with Crippen LogP contribution in [0, 0.1) is 0 Å². The van der Waals surface area contributed by atoms with Crippen LogP contribution in [0.4, 0.5) is 4.79 Å². The average molecular weight is 423 g/mol. The molecule has 1 atom stereocenters. The first-order valence-electron chi connectivity index (χ1n) is 10.8. The molecule has 2 fully saturated rings. The molecular formula is C24H25NO6. The zero-order valence-corrected chi connectivity index (χ0v) is 17.4. The van der Waals surface area contributed by atoms with Crippen LogP contribution >= 0.6 is 0 Å². The summed E-state index contributed by atoms with van der Waals surface area (Å²) in [6.45, 7) is 2.10. The van der Waals surface area contributed by atoms with Gasteiger partial charge in [-0.2, -0.15) is 5.06 Å². The molecule has 2 aromatic carbocycles. The standard InChI is InChI=1S/C24H25NO6/c1-2-28-22(26)21-15-30-24(12-7-13-24)31-25(21)23(27)29-14-20-18-10-5-3-8-16(18)17-9-4-6-11-19(17)20/h3-6,8-11,20-21H,2,7,12-15H2,1H3/t21-/m0/s1. The normalized spacial score (nSPS) is 21.2. The molecule has 1 saturated carbocycles. The number of carbonyl (C=O) groups is 2. The number of hydrogen-bond donors (Lipinski definition) is 0. The van der Waals surface area contributed by atoms with E-state index in [1.807, 2.05) is 24.3 Å². The molecule has 7 heteroatoms. The van der Waals surface area contributed by atoms with Crippen LogP contribution in [-0.4, -0.2) is 48.8 Å². The Morgan fingerprint density at radius 1 is 1.03 bits per heavy atom. The Kier molecular flexibility index (Phi) is 5.16. The molecule has 1 aliphatic heterocycles. The maximum atomic E-state index is 13.0. The topological polar surface area (TPSA) is 74.3 Å². The molecule has 0 unspecified atom stereocenters. The van der Waals surface area contributed by atoms with Gasteiger partial charge in [0.2, 0.25) is 0 Å². The summed E-state index contributed by atoms with van der Waals surface area (Å²) < 4.78 is 16.6. The summed E-state index contributed by atoms with van der Waals surface area (Å²) in [6, 6.07) is 15.3. The zero-order valence-electron chi connectivity index (χ0n) is 17.4. The summed E-state index contributed by atoms with van der Waals surface area (Å²) in [4.78, 5) is 31.3. The van der Waals surface area contributed by atoms with Gasteiger partial charge in [-0.1, -0.05) is 48.5 Å². The van der Waals surface area contributed by atoms with Gasteiger partial charge in [-0.3, -0.25) is 0 Å². The van der Waals surface area contributed by atoms with Gasteiger partial charge in [0.05, 0.1) is 13.2 Å². The smallest absolute Gasteiger partial charge is 0.435 e. The van der Waals surface area contributed by atoms with Crippen LogP contribution in [0.1, 0.15) is 43.2 Å². The third-order valence-corrected chi connectivity index (χ3v) is 6.24. The van der Waals surface area contributed by atoms with Crippen molar-refractivity contribution < 1.29 is 28.6 Å². The Hall–Kier alpha value is -2.90.